The number of H-pyrrole nitrogens is 2. The van der Waals surface area contributed by atoms with Crippen LogP contribution in [0.3, 0.4) is 0 Å². The van der Waals surface area contributed by atoms with Crippen molar-refractivity contribution in [1.29, 1.82) is 0 Å². The number of halogens is 1. The van der Waals surface area contributed by atoms with Crippen LogP contribution >= 0.6 is 0 Å². The van der Waals surface area contributed by atoms with E-state index in [1.54, 1.807) is 12.1 Å². The first-order valence-electron chi connectivity index (χ1n) is 4.41. The van der Waals surface area contributed by atoms with Crippen LogP contribution in [0.2, 0.25) is 0 Å². The Kier molecular flexibility index (Phi) is 1.45. The Morgan fingerprint density at radius 3 is 2.93 bits per heavy atom. The van der Waals surface area contributed by atoms with Gasteiger partial charge in [-0.05, 0) is 6.07 Å². The van der Waals surface area contributed by atoms with Crippen LogP contribution in [0.15, 0.2) is 29.2 Å². The Balaban J connectivity index is 2.72. The summed E-state index contributed by atoms with van der Waals surface area (Å²) in [6.45, 7) is 0. The molecule has 0 unspecified atom stereocenters. The molecule has 1 aromatic carbocycles. The second-order valence-corrected chi connectivity index (χ2v) is 3.28. The second-order valence-electron chi connectivity index (χ2n) is 3.28. The van der Waals surface area contributed by atoms with Crippen molar-refractivity contribution >= 4 is 21.8 Å². The van der Waals surface area contributed by atoms with E-state index in [-0.39, 0.29) is 11.1 Å². The largest absolute Gasteiger partial charge is 0.319 e. The molecule has 0 aliphatic carbocycles. The smallest absolute Gasteiger partial charge is 0.259 e. The van der Waals surface area contributed by atoms with E-state index < -0.39 is 5.82 Å². The zero-order valence-corrected chi connectivity index (χ0v) is 7.54. The molecule has 0 radical (unpaired) electrons. The summed E-state index contributed by atoms with van der Waals surface area (Å²) in [7, 11) is 0. The highest BCUT2D eigenvalue weighted by Crippen LogP contribution is 2.20. The number of benzene rings is 1. The van der Waals surface area contributed by atoms with Gasteiger partial charge in [-0.1, -0.05) is 12.1 Å². The van der Waals surface area contributed by atoms with Gasteiger partial charge < -0.3 is 4.98 Å². The van der Waals surface area contributed by atoms with Gasteiger partial charge in [-0.25, -0.2) is 4.39 Å². The first-order valence-corrected chi connectivity index (χ1v) is 4.41. The Labute approximate surface area is 82.7 Å². The molecule has 0 bridgehead atoms. The summed E-state index contributed by atoms with van der Waals surface area (Å²) in [5, 5.41) is 7.53. The van der Waals surface area contributed by atoms with Crippen LogP contribution in [-0.4, -0.2) is 15.2 Å². The van der Waals surface area contributed by atoms with Crippen molar-refractivity contribution in [3.63, 3.8) is 0 Å². The topological polar surface area (TPSA) is 61.5 Å². The fourth-order valence-electron chi connectivity index (χ4n) is 1.70. The van der Waals surface area contributed by atoms with Gasteiger partial charge in [-0.15, -0.1) is 0 Å². The molecule has 15 heavy (non-hydrogen) atoms. The Hall–Kier alpha value is -2.17. The summed E-state index contributed by atoms with van der Waals surface area (Å²) in [6, 6.07) is 4.63. The number of nitrogens with zero attached hydrogens (tertiary/aromatic N) is 1. The average molecular weight is 203 g/mol. The Morgan fingerprint density at radius 1 is 1.20 bits per heavy atom. The van der Waals surface area contributed by atoms with E-state index in [1.165, 1.54) is 12.3 Å². The molecule has 2 aromatic heterocycles. The fraction of sp³-hybridized carbons (Fsp3) is 0. The lowest BCUT2D eigenvalue weighted by molar-refractivity contribution is 0.636. The fourth-order valence-corrected chi connectivity index (χ4v) is 1.70. The first kappa shape index (κ1) is 8.16. The molecule has 0 atom stereocenters. The third-order valence-corrected chi connectivity index (χ3v) is 2.41. The van der Waals surface area contributed by atoms with Crippen LogP contribution in [-0.2, 0) is 0 Å². The van der Waals surface area contributed by atoms with Crippen molar-refractivity contribution in [3.8, 4) is 0 Å². The van der Waals surface area contributed by atoms with Crippen molar-refractivity contribution in [2.45, 2.75) is 0 Å². The number of pyridine rings is 1. The van der Waals surface area contributed by atoms with Crippen LogP contribution in [0.4, 0.5) is 4.39 Å². The summed E-state index contributed by atoms with van der Waals surface area (Å²) in [5.41, 5.74) is 0.434. The maximum atomic E-state index is 13.4. The van der Waals surface area contributed by atoms with E-state index in [4.69, 9.17) is 0 Å². The summed E-state index contributed by atoms with van der Waals surface area (Å²) in [5.74, 6) is -0.443. The molecule has 0 aliphatic heterocycles. The van der Waals surface area contributed by atoms with Gasteiger partial charge in [-0.3, -0.25) is 9.89 Å². The zero-order valence-electron chi connectivity index (χ0n) is 7.54. The number of rotatable bonds is 0. The molecule has 0 saturated heterocycles. The van der Waals surface area contributed by atoms with Gasteiger partial charge in [0.05, 0.1) is 22.6 Å². The van der Waals surface area contributed by atoms with Gasteiger partial charge >= 0.3 is 0 Å². The quantitative estimate of drug-likeness (QED) is 0.582. The van der Waals surface area contributed by atoms with Gasteiger partial charge in [-0.2, -0.15) is 5.10 Å². The number of nitrogens with one attached hydrogen (secondary N) is 2. The second kappa shape index (κ2) is 2.66. The highest BCUT2D eigenvalue weighted by molar-refractivity contribution is 6.02. The normalized spacial score (nSPS) is 11.3. The van der Waals surface area contributed by atoms with Crippen LogP contribution in [0.1, 0.15) is 0 Å². The maximum absolute atomic E-state index is 13.4. The third-order valence-electron chi connectivity index (χ3n) is 2.41. The van der Waals surface area contributed by atoms with E-state index in [1.807, 2.05) is 0 Å². The molecule has 0 spiro atoms. The van der Waals surface area contributed by atoms with Crippen molar-refractivity contribution < 1.29 is 4.39 Å². The van der Waals surface area contributed by atoms with E-state index in [2.05, 4.69) is 15.2 Å². The molecule has 0 fully saturated rings. The highest BCUT2D eigenvalue weighted by Gasteiger charge is 2.08. The van der Waals surface area contributed by atoms with Gasteiger partial charge in [0.15, 0.2) is 0 Å². The molecule has 0 saturated carbocycles. The van der Waals surface area contributed by atoms with Gasteiger partial charge in [0.1, 0.15) is 5.82 Å². The minimum atomic E-state index is -0.443. The minimum absolute atomic E-state index is 0.208. The lowest BCUT2D eigenvalue weighted by atomic mass is 10.1. The molecule has 2 N–H and O–H groups in total. The molecular weight excluding hydrogens is 197 g/mol. The predicted octanol–water partition coefficient (Wildman–Crippen LogP) is 1.54. The molecule has 74 valence electrons. The van der Waals surface area contributed by atoms with E-state index in [0.717, 1.165) is 0 Å². The van der Waals surface area contributed by atoms with Crippen LogP contribution in [0, 0.1) is 5.82 Å². The van der Waals surface area contributed by atoms with Crippen molar-refractivity contribution in [3.05, 3.63) is 40.6 Å². The predicted molar refractivity (Wildman–Crippen MR) is 54.2 cm³/mol. The monoisotopic (exact) mass is 203 g/mol. The summed E-state index contributed by atoms with van der Waals surface area (Å²) >= 11 is 0. The van der Waals surface area contributed by atoms with E-state index in [0.29, 0.717) is 16.3 Å². The van der Waals surface area contributed by atoms with Crippen LogP contribution < -0.4 is 5.56 Å². The highest BCUT2D eigenvalue weighted by atomic mass is 19.1. The van der Waals surface area contributed by atoms with E-state index >= 15 is 0 Å². The minimum Gasteiger partial charge on any atom is -0.319 e. The van der Waals surface area contributed by atoms with Crippen molar-refractivity contribution in [2.24, 2.45) is 0 Å². The van der Waals surface area contributed by atoms with E-state index in [9.17, 15) is 9.18 Å². The summed E-state index contributed by atoms with van der Waals surface area (Å²) < 4.78 is 13.4. The van der Waals surface area contributed by atoms with Gasteiger partial charge in [0.25, 0.3) is 5.56 Å². The molecule has 0 aliphatic rings. The first-order chi connectivity index (χ1) is 7.27. The molecule has 3 rings (SSSR count). The Morgan fingerprint density at radius 2 is 2.07 bits per heavy atom. The standard InChI is InChI=1S/C10H6FN3O/c11-7-3-1-2-5-8-6(4-12-14-8)10(15)13-9(5)7/h1-4H,(H,12,14)(H,13,15). The molecule has 4 nitrogen and oxygen atoms in total. The molecule has 3 aromatic rings. The summed E-state index contributed by atoms with van der Waals surface area (Å²) in [6.07, 6.45) is 1.43. The number of aromatic nitrogens is 3. The van der Waals surface area contributed by atoms with Crippen LogP contribution in [0.25, 0.3) is 21.8 Å². The molecule has 0 amide bonds. The maximum Gasteiger partial charge on any atom is 0.259 e. The summed E-state index contributed by atoms with van der Waals surface area (Å²) in [4.78, 5) is 14.0. The SMILES string of the molecule is O=c1[nH]c2c(F)cccc2c2[nH]ncc12. The lowest BCUT2D eigenvalue weighted by Gasteiger charge is -1.99. The van der Waals surface area contributed by atoms with Gasteiger partial charge in [0, 0.05) is 5.39 Å². The number of para-hydroxylation sites is 1. The van der Waals surface area contributed by atoms with Crippen molar-refractivity contribution in [1.82, 2.24) is 15.2 Å². The van der Waals surface area contributed by atoms with Crippen molar-refractivity contribution in [2.75, 3.05) is 0 Å². The third kappa shape index (κ3) is 0.999. The zero-order chi connectivity index (χ0) is 10.4. The molecular formula is C10H6FN3O. The average Bonchev–Trinajstić information content (AvgIpc) is 2.69. The number of fused-ring (bicyclic) bond motifs is 3. The van der Waals surface area contributed by atoms with Gasteiger partial charge in [0.2, 0.25) is 0 Å². The number of aromatic amines is 2. The Bertz CT molecular complexity index is 713. The molecule has 5 heteroatoms. The molecule has 2 heterocycles. The lowest BCUT2D eigenvalue weighted by Crippen LogP contribution is -2.06. The number of hydrogen-bond acceptors (Lipinski definition) is 2. The van der Waals surface area contributed by atoms with Crippen LogP contribution in [0.5, 0.6) is 0 Å². The number of hydrogen-bond donors (Lipinski definition) is 2.